The first-order valence-corrected chi connectivity index (χ1v) is 10.8. The molecular formula is C23H21F4N5O3. The fraction of sp³-hybridized carbons (Fsp3) is 0.304. The number of likely N-dealkylation sites (tertiary alicyclic amines) is 1. The minimum absolute atomic E-state index is 0.0663. The maximum Gasteiger partial charge on any atom is 0.471 e. The van der Waals surface area contributed by atoms with Gasteiger partial charge in [-0.3, -0.25) is 4.79 Å². The summed E-state index contributed by atoms with van der Waals surface area (Å²) in [6, 6.07) is 10.9. The van der Waals surface area contributed by atoms with Gasteiger partial charge < -0.3 is 20.1 Å². The fourth-order valence-electron chi connectivity index (χ4n) is 3.79. The van der Waals surface area contributed by atoms with Gasteiger partial charge in [-0.15, -0.1) is 0 Å². The minimum atomic E-state index is -4.74. The van der Waals surface area contributed by atoms with Crippen molar-refractivity contribution in [1.82, 2.24) is 20.4 Å². The van der Waals surface area contributed by atoms with Gasteiger partial charge in [0.25, 0.3) is 5.91 Å². The van der Waals surface area contributed by atoms with Crippen molar-refractivity contribution in [3.8, 4) is 11.4 Å². The van der Waals surface area contributed by atoms with Crippen LogP contribution in [0, 0.1) is 5.82 Å². The number of piperidine rings is 1. The van der Waals surface area contributed by atoms with Crippen molar-refractivity contribution in [1.29, 1.82) is 0 Å². The number of aromatic nitrogens is 2. The Balaban J connectivity index is 1.37. The third-order valence-electron chi connectivity index (χ3n) is 5.57. The van der Waals surface area contributed by atoms with E-state index in [0.717, 1.165) is 12.8 Å². The van der Waals surface area contributed by atoms with Crippen LogP contribution in [-0.4, -0.2) is 46.1 Å². The van der Waals surface area contributed by atoms with E-state index in [1.165, 1.54) is 42.5 Å². The number of benzene rings is 2. The Morgan fingerprint density at radius 3 is 2.51 bits per heavy atom. The van der Waals surface area contributed by atoms with E-state index in [4.69, 9.17) is 0 Å². The summed E-state index contributed by atoms with van der Waals surface area (Å²) in [7, 11) is 0. The summed E-state index contributed by atoms with van der Waals surface area (Å²) >= 11 is 0. The molecular weight excluding hydrogens is 470 g/mol. The van der Waals surface area contributed by atoms with Crippen LogP contribution >= 0.6 is 0 Å². The fourth-order valence-corrected chi connectivity index (χ4v) is 3.79. The molecule has 0 aliphatic carbocycles. The second-order valence-corrected chi connectivity index (χ2v) is 7.96. The van der Waals surface area contributed by atoms with Crippen LogP contribution in [0.5, 0.6) is 0 Å². The molecule has 4 rings (SSSR count). The Morgan fingerprint density at radius 1 is 1.09 bits per heavy atom. The lowest BCUT2D eigenvalue weighted by Gasteiger charge is -2.35. The topological polar surface area (TPSA) is 100 Å². The highest BCUT2D eigenvalue weighted by Crippen LogP contribution is 2.29. The molecule has 2 aromatic carbocycles. The molecule has 2 heterocycles. The molecule has 3 amide bonds. The van der Waals surface area contributed by atoms with Crippen molar-refractivity contribution in [2.45, 2.75) is 31.5 Å². The van der Waals surface area contributed by atoms with E-state index in [0.29, 0.717) is 18.7 Å². The van der Waals surface area contributed by atoms with E-state index in [1.807, 2.05) is 0 Å². The molecule has 35 heavy (non-hydrogen) atoms. The number of nitrogens with one attached hydrogen (secondary N) is 2. The summed E-state index contributed by atoms with van der Waals surface area (Å²) in [5, 5.41) is 8.77. The van der Waals surface area contributed by atoms with Crippen LogP contribution in [0.15, 0.2) is 53.1 Å². The zero-order valence-electron chi connectivity index (χ0n) is 18.3. The Bertz CT molecular complexity index is 1200. The van der Waals surface area contributed by atoms with E-state index in [1.54, 1.807) is 11.0 Å². The van der Waals surface area contributed by atoms with Gasteiger partial charge in [0.1, 0.15) is 5.82 Å². The van der Waals surface area contributed by atoms with Gasteiger partial charge in [0.2, 0.25) is 5.82 Å². The predicted octanol–water partition coefficient (Wildman–Crippen LogP) is 4.71. The molecule has 184 valence electrons. The molecule has 8 nitrogen and oxygen atoms in total. The van der Waals surface area contributed by atoms with Crippen LogP contribution in [0.1, 0.15) is 35.5 Å². The normalized spacial score (nSPS) is 16.1. The first-order valence-electron chi connectivity index (χ1n) is 10.8. The molecule has 1 fully saturated rings. The monoisotopic (exact) mass is 491 g/mol. The average Bonchev–Trinajstić information content (AvgIpc) is 3.35. The number of urea groups is 1. The number of nitrogens with zero attached hydrogens (tertiary/aromatic N) is 3. The number of amides is 3. The molecule has 1 saturated heterocycles. The maximum absolute atomic E-state index is 13.8. The van der Waals surface area contributed by atoms with Crippen LogP contribution in [-0.2, 0) is 6.18 Å². The summed E-state index contributed by atoms with van der Waals surface area (Å²) in [6.45, 7) is 0.645. The first-order chi connectivity index (χ1) is 16.7. The SMILES string of the molecule is O=C(NCC1CCCCN1C(=O)Nc1ccc(-c2noc(C(F)(F)F)n2)cc1)c1ccccc1F. The number of anilines is 1. The summed E-state index contributed by atoms with van der Waals surface area (Å²) < 4.78 is 56.0. The van der Waals surface area contributed by atoms with Gasteiger partial charge in [-0.2, -0.15) is 18.2 Å². The Morgan fingerprint density at radius 2 is 1.83 bits per heavy atom. The number of rotatable bonds is 5. The van der Waals surface area contributed by atoms with Crippen LogP contribution < -0.4 is 10.6 Å². The predicted molar refractivity (Wildman–Crippen MR) is 117 cm³/mol. The van der Waals surface area contributed by atoms with Gasteiger partial charge in [-0.25, -0.2) is 9.18 Å². The van der Waals surface area contributed by atoms with Crippen molar-refractivity contribution in [3.63, 3.8) is 0 Å². The van der Waals surface area contributed by atoms with Crippen LogP contribution in [0.3, 0.4) is 0 Å². The zero-order chi connectivity index (χ0) is 25.0. The van der Waals surface area contributed by atoms with Gasteiger partial charge in [-0.05, 0) is 55.7 Å². The largest absolute Gasteiger partial charge is 0.471 e. The smallest absolute Gasteiger partial charge is 0.350 e. The third kappa shape index (κ3) is 5.76. The number of hydrogen-bond acceptors (Lipinski definition) is 5. The highest BCUT2D eigenvalue weighted by molar-refractivity contribution is 5.94. The van der Waals surface area contributed by atoms with Gasteiger partial charge in [-0.1, -0.05) is 17.3 Å². The second-order valence-electron chi connectivity index (χ2n) is 7.96. The lowest BCUT2D eigenvalue weighted by molar-refractivity contribution is -0.159. The number of carbonyl (C=O) groups is 2. The molecule has 0 radical (unpaired) electrons. The number of hydrogen-bond donors (Lipinski definition) is 2. The second kappa shape index (κ2) is 10.1. The number of carbonyl (C=O) groups excluding carboxylic acids is 2. The van der Waals surface area contributed by atoms with Crippen LogP contribution in [0.2, 0.25) is 0 Å². The highest BCUT2D eigenvalue weighted by Gasteiger charge is 2.38. The summed E-state index contributed by atoms with van der Waals surface area (Å²) in [6.07, 6.45) is -2.39. The van der Waals surface area contributed by atoms with E-state index in [-0.39, 0.29) is 35.6 Å². The molecule has 1 aliphatic rings. The van der Waals surface area contributed by atoms with Crippen molar-refractivity contribution < 1.29 is 31.7 Å². The van der Waals surface area contributed by atoms with Gasteiger partial charge >= 0.3 is 18.1 Å². The van der Waals surface area contributed by atoms with Crippen molar-refractivity contribution >= 4 is 17.6 Å². The third-order valence-corrected chi connectivity index (χ3v) is 5.57. The Labute approximate surface area is 197 Å². The maximum atomic E-state index is 13.8. The number of alkyl halides is 3. The van der Waals surface area contributed by atoms with Gasteiger partial charge in [0, 0.05) is 24.3 Å². The molecule has 1 atom stereocenters. The van der Waals surface area contributed by atoms with Crippen molar-refractivity contribution in [3.05, 3.63) is 65.8 Å². The van der Waals surface area contributed by atoms with Crippen molar-refractivity contribution in [2.24, 2.45) is 0 Å². The molecule has 1 unspecified atom stereocenters. The molecule has 1 aliphatic heterocycles. The van der Waals surface area contributed by atoms with Gasteiger partial charge in [0.05, 0.1) is 11.6 Å². The molecule has 1 aromatic heterocycles. The molecule has 0 spiro atoms. The van der Waals surface area contributed by atoms with Crippen LogP contribution in [0.25, 0.3) is 11.4 Å². The van der Waals surface area contributed by atoms with Crippen molar-refractivity contribution in [2.75, 3.05) is 18.4 Å². The summed E-state index contributed by atoms with van der Waals surface area (Å²) in [5.74, 6) is -2.85. The molecule has 0 bridgehead atoms. The Hall–Kier alpha value is -3.96. The van der Waals surface area contributed by atoms with Gasteiger partial charge in [0.15, 0.2) is 0 Å². The summed E-state index contributed by atoms with van der Waals surface area (Å²) in [5.41, 5.74) is 0.635. The average molecular weight is 491 g/mol. The minimum Gasteiger partial charge on any atom is -0.350 e. The lowest BCUT2D eigenvalue weighted by Crippen LogP contribution is -2.50. The summed E-state index contributed by atoms with van der Waals surface area (Å²) in [4.78, 5) is 30.2. The molecule has 0 saturated carbocycles. The number of halogens is 4. The standard InChI is InChI=1S/C23H21F4N5O3/c24-18-7-2-1-6-17(18)20(33)28-13-16-5-3-4-12-32(16)22(34)29-15-10-8-14(9-11-15)19-30-21(35-31-19)23(25,26)27/h1-2,6-11,16H,3-5,12-13H2,(H,28,33)(H,29,34). The molecule has 12 heteroatoms. The molecule has 2 N–H and O–H groups in total. The first kappa shape index (κ1) is 24.2. The quantitative estimate of drug-likeness (QED) is 0.504. The Kier molecular flexibility index (Phi) is 6.99. The van der Waals surface area contributed by atoms with E-state index in [9.17, 15) is 27.2 Å². The van der Waals surface area contributed by atoms with E-state index >= 15 is 0 Å². The highest BCUT2D eigenvalue weighted by atomic mass is 19.4. The van der Waals surface area contributed by atoms with E-state index < -0.39 is 23.8 Å². The molecule has 3 aromatic rings. The van der Waals surface area contributed by atoms with Crippen LogP contribution in [0.4, 0.5) is 28.0 Å². The van der Waals surface area contributed by atoms with E-state index in [2.05, 4.69) is 25.3 Å². The lowest BCUT2D eigenvalue weighted by atomic mass is 10.0. The zero-order valence-corrected chi connectivity index (χ0v) is 18.3.